The van der Waals surface area contributed by atoms with Gasteiger partial charge in [0, 0.05) is 6.04 Å². The lowest BCUT2D eigenvalue weighted by molar-refractivity contribution is 0.472. The Hall–Kier alpha value is 0.0500. The molecule has 1 nitrogen and oxygen atoms in total. The Kier molecular flexibility index (Phi) is 3.29. The molecule has 0 aromatic heterocycles. The zero-order chi connectivity index (χ0) is 7.40. The predicted octanol–water partition coefficient (Wildman–Crippen LogP) is 1.51. The molecule has 2 unspecified atom stereocenters. The Morgan fingerprint density at radius 1 is 1.80 bits per heavy atom. The summed E-state index contributed by atoms with van der Waals surface area (Å²) in [5.41, 5.74) is 0. The molecule has 1 rings (SSSR count). The monoisotopic (exact) mass is 157 g/mol. The van der Waals surface area contributed by atoms with Crippen molar-refractivity contribution in [3.05, 3.63) is 12.7 Å². The van der Waals surface area contributed by atoms with Crippen LogP contribution in [0.25, 0.3) is 0 Å². The zero-order valence-electron chi connectivity index (χ0n) is 6.47. The minimum absolute atomic E-state index is 0.537. The van der Waals surface area contributed by atoms with E-state index in [0.29, 0.717) is 6.04 Å². The molecule has 1 fully saturated rings. The van der Waals surface area contributed by atoms with Crippen LogP contribution in [0.1, 0.15) is 6.42 Å². The SMILES string of the molecule is C=CC(NC)C1CCSC1. The smallest absolute Gasteiger partial charge is 0.0281 e. The highest BCUT2D eigenvalue weighted by atomic mass is 32.2. The van der Waals surface area contributed by atoms with Crippen LogP contribution in [0.5, 0.6) is 0 Å². The van der Waals surface area contributed by atoms with Crippen molar-refractivity contribution in [1.82, 2.24) is 5.32 Å². The standard InChI is InChI=1S/C8H15NS/c1-3-8(9-2)7-4-5-10-6-7/h3,7-9H,1,4-6H2,2H3. The fourth-order valence-corrected chi connectivity index (χ4v) is 2.69. The van der Waals surface area contributed by atoms with E-state index in [1.807, 2.05) is 13.1 Å². The molecule has 0 amide bonds. The molecular weight excluding hydrogens is 142 g/mol. The summed E-state index contributed by atoms with van der Waals surface area (Å²) in [5, 5.41) is 3.26. The van der Waals surface area contributed by atoms with E-state index in [1.54, 1.807) is 0 Å². The maximum Gasteiger partial charge on any atom is 0.0281 e. The number of rotatable bonds is 3. The molecule has 0 saturated carbocycles. The molecular formula is C8H15NS. The lowest BCUT2D eigenvalue weighted by atomic mass is 10.00. The van der Waals surface area contributed by atoms with Gasteiger partial charge in [0.15, 0.2) is 0 Å². The minimum Gasteiger partial charge on any atom is -0.313 e. The molecule has 58 valence electrons. The van der Waals surface area contributed by atoms with E-state index in [1.165, 1.54) is 17.9 Å². The third-order valence-electron chi connectivity index (χ3n) is 2.06. The van der Waals surface area contributed by atoms with Gasteiger partial charge in [-0.05, 0) is 30.9 Å². The van der Waals surface area contributed by atoms with E-state index in [4.69, 9.17) is 0 Å². The molecule has 0 bridgehead atoms. The van der Waals surface area contributed by atoms with E-state index < -0.39 is 0 Å². The summed E-state index contributed by atoms with van der Waals surface area (Å²) in [6, 6.07) is 0.537. The van der Waals surface area contributed by atoms with Crippen molar-refractivity contribution in [3.8, 4) is 0 Å². The summed E-state index contributed by atoms with van der Waals surface area (Å²) >= 11 is 2.05. The Labute approximate surface area is 67.3 Å². The van der Waals surface area contributed by atoms with Crippen LogP contribution >= 0.6 is 11.8 Å². The van der Waals surface area contributed by atoms with E-state index in [2.05, 4.69) is 23.7 Å². The second-order valence-corrected chi connectivity index (χ2v) is 3.82. The van der Waals surface area contributed by atoms with Crippen LogP contribution in [0.4, 0.5) is 0 Å². The van der Waals surface area contributed by atoms with Gasteiger partial charge in [-0.2, -0.15) is 11.8 Å². The number of hydrogen-bond acceptors (Lipinski definition) is 2. The summed E-state index contributed by atoms with van der Waals surface area (Å²) in [7, 11) is 2.01. The van der Waals surface area contributed by atoms with Gasteiger partial charge in [0.25, 0.3) is 0 Å². The number of likely N-dealkylation sites (N-methyl/N-ethyl adjacent to an activating group) is 1. The highest BCUT2D eigenvalue weighted by Gasteiger charge is 2.21. The first-order valence-electron chi connectivity index (χ1n) is 3.76. The number of hydrogen-bond donors (Lipinski definition) is 1. The van der Waals surface area contributed by atoms with Gasteiger partial charge in [0.2, 0.25) is 0 Å². The summed E-state index contributed by atoms with van der Waals surface area (Å²) in [4.78, 5) is 0. The fraction of sp³-hybridized carbons (Fsp3) is 0.750. The molecule has 0 spiro atoms. The summed E-state index contributed by atoms with van der Waals surface area (Å²) < 4.78 is 0. The Morgan fingerprint density at radius 2 is 2.60 bits per heavy atom. The molecule has 1 N–H and O–H groups in total. The van der Waals surface area contributed by atoms with Crippen LogP contribution in [0.2, 0.25) is 0 Å². The molecule has 1 aliphatic rings. The molecule has 2 heteroatoms. The van der Waals surface area contributed by atoms with Crippen molar-refractivity contribution in [2.24, 2.45) is 5.92 Å². The quantitative estimate of drug-likeness (QED) is 0.623. The lowest BCUT2D eigenvalue weighted by Gasteiger charge is -2.17. The number of nitrogens with one attached hydrogen (secondary N) is 1. The number of thioether (sulfide) groups is 1. The largest absolute Gasteiger partial charge is 0.313 e. The van der Waals surface area contributed by atoms with E-state index in [-0.39, 0.29) is 0 Å². The first-order chi connectivity index (χ1) is 4.88. The third kappa shape index (κ3) is 1.77. The molecule has 1 saturated heterocycles. The van der Waals surface area contributed by atoms with Crippen molar-refractivity contribution in [2.45, 2.75) is 12.5 Å². The van der Waals surface area contributed by atoms with Crippen molar-refractivity contribution in [2.75, 3.05) is 18.6 Å². The predicted molar refractivity (Wildman–Crippen MR) is 48.5 cm³/mol. The van der Waals surface area contributed by atoms with Gasteiger partial charge < -0.3 is 5.32 Å². The molecule has 0 aliphatic carbocycles. The van der Waals surface area contributed by atoms with E-state index in [0.717, 1.165) is 5.92 Å². The molecule has 10 heavy (non-hydrogen) atoms. The molecule has 0 aromatic rings. The Bertz CT molecular complexity index is 108. The van der Waals surface area contributed by atoms with Crippen LogP contribution in [0.15, 0.2) is 12.7 Å². The fourth-order valence-electron chi connectivity index (χ4n) is 1.38. The molecule has 1 heterocycles. The van der Waals surface area contributed by atoms with Gasteiger partial charge in [-0.25, -0.2) is 0 Å². The van der Waals surface area contributed by atoms with Crippen LogP contribution in [0.3, 0.4) is 0 Å². The maximum atomic E-state index is 3.80. The summed E-state index contributed by atoms with van der Waals surface area (Å²) in [5.74, 6) is 3.46. The van der Waals surface area contributed by atoms with Gasteiger partial charge in [0.05, 0.1) is 0 Å². The highest BCUT2D eigenvalue weighted by Crippen LogP contribution is 2.26. The van der Waals surface area contributed by atoms with Gasteiger partial charge in [-0.1, -0.05) is 6.08 Å². The van der Waals surface area contributed by atoms with E-state index in [9.17, 15) is 0 Å². The zero-order valence-corrected chi connectivity index (χ0v) is 7.29. The summed E-state index contributed by atoms with van der Waals surface area (Å²) in [6.45, 7) is 3.80. The average molecular weight is 157 g/mol. The third-order valence-corrected chi connectivity index (χ3v) is 3.25. The molecule has 1 aliphatic heterocycles. The lowest BCUT2D eigenvalue weighted by Crippen LogP contribution is -2.31. The van der Waals surface area contributed by atoms with Crippen molar-refractivity contribution >= 4 is 11.8 Å². The van der Waals surface area contributed by atoms with Gasteiger partial charge in [-0.3, -0.25) is 0 Å². The van der Waals surface area contributed by atoms with Gasteiger partial charge >= 0.3 is 0 Å². The van der Waals surface area contributed by atoms with Crippen molar-refractivity contribution in [3.63, 3.8) is 0 Å². The first-order valence-corrected chi connectivity index (χ1v) is 4.91. The normalized spacial score (nSPS) is 28.3. The van der Waals surface area contributed by atoms with E-state index >= 15 is 0 Å². The molecule has 0 aromatic carbocycles. The van der Waals surface area contributed by atoms with Crippen LogP contribution in [-0.2, 0) is 0 Å². The van der Waals surface area contributed by atoms with Crippen LogP contribution in [0, 0.1) is 5.92 Å². The van der Waals surface area contributed by atoms with Gasteiger partial charge in [-0.15, -0.1) is 6.58 Å². The van der Waals surface area contributed by atoms with Crippen LogP contribution < -0.4 is 5.32 Å². The topological polar surface area (TPSA) is 12.0 Å². The molecule has 2 atom stereocenters. The van der Waals surface area contributed by atoms with Crippen LogP contribution in [-0.4, -0.2) is 24.6 Å². The Morgan fingerprint density at radius 3 is 3.00 bits per heavy atom. The van der Waals surface area contributed by atoms with Crippen molar-refractivity contribution < 1.29 is 0 Å². The van der Waals surface area contributed by atoms with Crippen molar-refractivity contribution in [1.29, 1.82) is 0 Å². The first kappa shape index (κ1) is 8.15. The second-order valence-electron chi connectivity index (χ2n) is 2.67. The maximum absolute atomic E-state index is 3.80. The second kappa shape index (κ2) is 4.04. The Balaban J connectivity index is 2.36. The highest BCUT2D eigenvalue weighted by molar-refractivity contribution is 7.99. The minimum atomic E-state index is 0.537. The average Bonchev–Trinajstić information content (AvgIpc) is 2.43. The van der Waals surface area contributed by atoms with Gasteiger partial charge in [0.1, 0.15) is 0 Å². The molecule has 0 radical (unpaired) electrons. The summed E-state index contributed by atoms with van der Waals surface area (Å²) in [6.07, 6.45) is 3.37.